The molecule has 1 fully saturated rings. The molecule has 0 spiro atoms. The minimum atomic E-state index is -0.0550. The Morgan fingerprint density at radius 3 is 2.74 bits per heavy atom. The summed E-state index contributed by atoms with van der Waals surface area (Å²) in [6.45, 7) is 8.65. The lowest BCUT2D eigenvalue weighted by molar-refractivity contribution is 0.101. The van der Waals surface area contributed by atoms with Gasteiger partial charge >= 0.3 is 0 Å². The number of fused-ring (bicyclic) bond motifs is 2. The first-order chi connectivity index (χ1) is 16.9. The number of aryl methyl sites for hydroxylation is 1. The number of piperazine rings is 1. The van der Waals surface area contributed by atoms with Crippen LogP contribution in [0.1, 0.15) is 45.2 Å². The van der Waals surface area contributed by atoms with Crippen molar-refractivity contribution in [2.24, 2.45) is 7.05 Å². The number of hydrogen-bond donors (Lipinski definition) is 0. The highest BCUT2D eigenvalue weighted by molar-refractivity contribution is 7.16. The number of rotatable bonds is 6. The maximum absolute atomic E-state index is 12.9. The third-order valence-electron chi connectivity index (χ3n) is 7.50. The zero-order chi connectivity index (χ0) is 24.7. The first-order valence-electron chi connectivity index (χ1n) is 12.2. The van der Waals surface area contributed by atoms with Crippen molar-refractivity contribution in [3.05, 3.63) is 51.9 Å². The smallest absolute Gasteiger partial charge is 0.252 e. The minimum Gasteiger partial charge on any atom is -0.364 e. The Labute approximate surface area is 209 Å². The van der Waals surface area contributed by atoms with Crippen LogP contribution in [0.25, 0.3) is 21.3 Å². The molecular weight excluding hydrogens is 458 g/mol. The van der Waals surface area contributed by atoms with Gasteiger partial charge in [0.2, 0.25) is 0 Å². The van der Waals surface area contributed by atoms with Crippen LogP contribution in [0.5, 0.6) is 0 Å². The van der Waals surface area contributed by atoms with E-state index >= 15 is 0 Å². The summed E-state index contributed by atoms with van der Waals surface area (Å²) in [6.07, 6.45) is 3.77. The Kier molecular flexibility index (Phi) is 6.34. The molecule has 5 rings (SSSR count). The first-order valence-corrected chi connectivity index (χ1v) is 13.1. The summed E-state index contributed by atoms with van der Waals surface area (Å²) in [5, 5.41) is 13.9. The summed E-state index contributed by atoms with van der Waals surface area (Å²) >= 11 is 1.69. The van der Waals surface area contributed by atoms with Crippen LogP contribution in [0.2, 0.25) is 0 Å². The highest BCUT2D eigenvalue weighted by atomic mass is 32.1. The maximum Gasteiger partial charge on any atom is 0.252 e. The van der Waals surface area contributed by atoms with Gasteiger partial charge in [0, 0.05) is 44.3 Å². The average Bonchev–Trinajstić information content (AvgIpc) is 3.52. The van der Waals surface area contributed by atoms with Gasteiger partial charge in [0.25, 0.3) is 5.56 Å². The van der Waals surface area contributed by atoms with E-state index in [4.69, 9.17) is 10.4 Å². The van der Waals surface area contributed by atoms with E-state index in [1.165, 1.54) is 10.3 Å². The normalized spacial score (nSPS) is 19.9. The number of thiazole rings is 1. The highest BCUT2D eigenvalue weighted by Gasteiger charge is 2.36. The van der Waals surface area contributed by atoms with Crippen molar-refractivity contribution in [3.8, 4) is 6.07 Å². The molecule has 0 bridgehead atoms. The van der Waals surface area contributed by atoms with E-state index < -0.39 is 0 Å². The number of benzene rings is 1. The van der Waals surface area contributed by atoms with Crippen molar-refractivity contribution >= 4 is 38.3 Å². The Bertz CT molecular complexity index is 1460. The zero-order valence-electron chi connectivity index (χ0n) is 20.7. The molecule has 0 N–H and O–H groups in total. The molecule has 4 aromatic rings. The van der Waals surface area contributed by atoms with Crippen molar-refractivity contribution < 1.29 is 0 Å². The standard InChI is InChI=1S/C26H31N7OS/c1-5-19-14-33(22-12-25(34)30(4)23-15-31(10-9-27)29-26(22)23)20(6-2)13-32(19)17(3)18-7-8-21-24(11-18)35-16-28-21/h7-8,11-12,15-17,19-20H,5-6,10,13-14H2,1-4H3/t17-,19+,20-/m0/s1. The van der Waals surface area contributed by atoms with Crippen LogP contribution in [0.4, 0.5) is 5.69 Å². The molecular formula is C26H31N7OS. The Morgan fingerprint density at radius 1 is 1.20 bits per heavy atom. The molecule has 1 aliphatic rings. The number of hydrogen-bond acceptors (Lipinski definition) is 7. The van der Waals surface area contributed by atoms with Crippen LogP contribution >= 0.6 is 11.3 Å². The quantitative estimate of drug-likeness (QED) is 0.401. The molecule has 3 aromatic heterocycles. The number of nitriles is 1. The van der Waals surface area contributed by atoms with Gasteiger partial charge in [0.15, 0.2) is 0 Å². The van der Waals surface area contributed by atoms with E-state index in [2.05, 4.69) is 59.8 Å². The van der Waals surface area contributed by atoms with Gasteiger partial charge < -0.3 is 9.47 Å². The number of pyridine rings is 1. The van der Waals surface area contributed by atoms with E-state index in [0.29, 0.717) is 6.04 Å². The largest absolute Gasteiger partial charge is 0.364 e. The third-order valence-corrected chi connectivity index (χ3v) is 8.29. The predicted octanol–water partition coefficient (Wildman–Crippen LogP) is 4.31. The van der Waals surface area contributed by atoms with E-state index in [0.717, 1.165) is 48.2 Å². The molecule has 3 atom stereocenters. The molecule has 0 unspecified atom stereocenters. The first kappa shape index (κ1) is 23.5. The number of aromatic nitrogens is 4. The van der Waals surface area contributed by atoms with Crippen LogP contribution in [0, 0.1) is 11.3 Å². The lowest BCUT2D eigenvalue weighted by Crippen LogP contribution is -2.58. The second kappa shape index (κ2) is 9.44. The number of anilines is 1. The van der Waals surface area contributed by atoms with Gasteiger partial charge in [-0.15, -0.1) is 11.3 Å². The summed E-state index contributed by atoms with van der Waals surface area (Å²) in [5.41, 5.74) is 6.65. The molecule has 1 aromatic carbocycles. The van der Waals surface area contributed by atoms with Gasteiger partial charge in [0.1, 0.15) is 12.1 Å². The molecule has 35 heavy (non-hydrogen) atoms. The van der Waals surface area contributed by atoms with Crippen LogP contribution < -0.4 is 10.5 Å². The van der Waals surface area contributed by atoms with E-state index in [1.807, 2.05) is 5.51 Å². The van der Waals surface area contributed by atoms with Gasteiger partial charge in [-0.2, -0.15) is 10.4 Å². The summed E-state index contributed by atoms with van der Waals surface area (Å²) in [6, 6.07) is 11.4. The fourth-order valence-electron chi connectivity index (χ4n) is 5.39. The third kappa shape index (κ3) is 4.11. The molecule has 0 amide bonds. The fraction of sp³-hybridized carbons (Fsp3) is 0.462. The molecule has 9 heteroatoms. The minimum absolute atomic E-state index is 0.0550. The van der Waals surface area contributed by atoms with Crippen molar-refractivity contribution in [2.45, 2.75) is 58.3 Å². The highest BCUT2D eigenvalue weighted by Crippen LogP contribution is 2.35. The van der Waals surface area contributed by atoms with Crippen molar-refractivity contribution in [1.29, 1.82) is 5.26 Å². The Balaban J connectivity index is 1.51. The second-order valence-electron chi connectivity index (χ2n) is 9.37. The van der Waals surface area contributed by atoms with Gasteiger partial charge in [-0.25, -0.2) is 4.98 Å². The van der Waals surface area contributed by atoms with Crippen LogP contribution in [0.3, 0.4) is 0 Å². The molecule has 0 saturated carbocycles. The fourth-order valence-corrected chi connectivity index (χ4v) is 6.11. The van der Waals surface area contributed by atoms with Crippen molar-refractivity contribution in [3.63, 3.8) is 0 Å². The van der Waals surface area contributed by atoms with Crippen molar-refractivity contribution in [2.75, 3.05) is 18.0 Å². The van der Waals surface area contributed by atoms with Gasteiger partial charge in [0.05, 0.1) is 39.2 Å². The molecule has 1 aliphatic heterocycles. The summed E-state index contributed by atoms with van der Waals surface area (Å²) in [5.74, 6) is 0. The van der Waals surface area contributed by atoms with E-state index in [-0.39, 0.29) is 24.2 Å². The summed E-state index contributed by atoms with van der Waals surface area (Å²) < 4.78 is 4.47. The van der Waals surface area contributed by atoms with E-state index in [1.54, 1.807) is 39.9 Å². The number of nitrogens with zero attached hydrogens (tertiary/aromatic N) is 7. The topological polar surface area (TPSA) is 83.0 Å². The van der Waals surface area contributed by atoms with Crippen molar-refractivity contribution in [1.82, 2.24) is 24.2 Å². The van der Waals surface area contributed by atoms with Crippen LogP contribution in [-0.2, 0) is 13.6 Å². The van der Waals surface area contributed by atoms with Gasteiger partial charge in [-0.05, 0) is 37.5 Å². The molecule has 0 radical (unpaired) electrons. The van der Waals surface area contributed by atoms with Gasteiger partial charge in [-0.3, -0.25) is 14.4 Å². The molecule has 1 saturated heterocycles. The maximum atomic E-state index is 12.9. The average molecular weight is 490 g/mol. The van der Waals surface area contributed by atoms with E-state index in [9.17, 15) is 4.79 Å². The van der Waals surface area contributed by atoms with Crippen LogP contribution in [0.15, 0.2) is 40.8 Å². The molecule has 0 aliphatic carbocycles. The predicted molar refractivity (Wildman–Crippen MR) is 141 cm³/mol. The SMILES string of the molecule is CC[C@H]1CN([C@@H](C)c2ccc3ncsc3c2)[C@H](CC)CN1c1cc(=O)n(C)c2cn(CC#N)nc12. The lowest BCUT2D eigenvalue weighted by Gasteiger charge is -2.49. The Hall–Kier alpha value is -3.22. The lowest BCUT2D eigenvalue weighted by atomic mass is 9.96. The zero-order valence-corrected chi connectivity index (χ0v) is 21.5. The van der Waals surface area contributed by atoms with Gasteiger partial charge in [-0.1, -0.05) is 19.9 Å². The molecule has 182 valence electrons. The van der Waals surface area contributed by atoms with Crippen LogP contribution in [-0.4, -0.2) is 49.4 Å². The summed E-state index contributed by atoms with van der Waals surface area (Å²) in [7, 11) is 1.76. The molecule has 4 heterocycles. The molecule has 8 nitrogen and oxygen atoms in total. The monoisotopic (exact) mass is 489 g/mol. The second-order valence-corrected chi connectivity index (χ2v) is 10.3. The Morgan fingerprint density at radius 2 is 2.00 bits per heavy atom. The summed E-state index contributed by atoms with van der Waals surface area (Å²) in [4.78, 5) is 22.3.